The van der Waals surface area contributed by atoms with Crippen molar-refractivity contribution in [3.63, 3.8) is 0 Å². The standard InChI is InChI=1S/C15H9BrClF4NO2/c16-10-6-8(18)4-5-12(10)24-7-13(23)22-14-9(15(19,20)21)2-1-3-11(14)17/h1-6H,7H2,(H,22,23). The van der Waals surface area contributed by atoms with Crippen LogP contribution in [0.25, 0.3) is 0 Å². The van der Waals surface area contributed by atoms with Crippen LogP contribution < -0.4 is 10.1 Å². The van der Waals surface area contributed by atoms with Gasteiger partial charge in [0.05, 0.1) is 20.7 Å². The Morgan fingerprint density at radius 2 is 1.96 bits per heavy atom. The molecule has 9 heteroatoms. The second-order valence-electron chi connectivity index (χ2n) is 4.57. The molecule has 2 aromatic rings. The zero-order valence-electron chi connectivity index (χ0n) is 11.8. The second-order valence-corrected chi connectivity index (χ2v) is 5.83. The molecule has 0 unspecified atom stereocenters. The van der Waals surface area contributed by atoms with Crippen molar-refractivity contribution in [1.82, 2.24) is 0 Å². The SMILES string of the molecule is O=C(COc1ccc(F)cc1Br)Nc1c(Cl)cccc1C(F)(F)F. The van der Waals surface area contributed by atoms with Crippen molar-refractivity contribution >= 4 is 39.1 Å². The van der Waals surface area contributed by atoms with Gasteiger partial charge in [0.25, 0.3) is 5.91 Å². The maximum absolute atomic E-state index is 12.9. The van der Waals surface area contributed by atoms with E-state index in [1.165, 1.54) is 12.1 Å². The van der Waals surface area contributed by atoms with Crippen molar-refractivity contribution in [2.45, 2.75) is 6.18 Å². The van der Waals surface area contributed by atoms with Gasteiger partial charge in [-0.3, -0.25) is 4.79 Å². The van der Waals surface area contributed by atoms with Crippen LogP contribution in [0.4, 0.5) is 23.2 Å². The number of hydrogen-bond donors (Lipinski definition) is 1. The number of hydrogen-bond acceptors (Lipinski definition) is 2. The van der Waals surface area contributed by atoms with Gasteiger partial charge in [-0.25, -0.2) is 4.39 Å². The molecule has 0 aliphatic carbocycles. The summed E-state index contributed by atoms with van der Waals surface area (Å²) in [6, 6.07) is 6.69. The summed E-state index contributed by atoms with van der Waals surface area (Å²) in [5.41, 5.74) is -1.61. The van der Waals surface area contributed by atoms with Crippen molar-refractivity contribution in [2.75, 3.05) is 11.9 Å². The number of carbonyl (C=O) groups is 1. The Balaban J connectivity index is 2.10. The fraction of sp³-hybridized carbons (Fsp3) is 0.133. The summed E-state index contributed by atoms with van der Waals surface area (Å²) in [6.07, 6.45) is -4.67. The molecule has 1 N–H and O–H groups in total. The summed E-state index contributed by atoms with van der Waals surface area (Å²) in [4.78, 5) is 11.8. The van der Waals surface area contributed by atoms with E-state index in [1.54, 1.807) is 0 Å². The molecule has 2 aromatic carbocycles. The first-order valence-corrected chi connectivity index (χ1v) is 7.59. The number of para-hydroxylation sites is 1. The Morgan fingerprint density at radius 3 is 2.58 bits per heavy atom. The molecule has 0 heterocycles. The van der Waals surface area contributed by atoms with Crippen LogP contribution in [0, 0.1) is 5.82 Å². The smallest absolute Gasteiger partial charge is 0.418 e. The first-order valence-electron chi connectivity index (χ1n) is 6.42. The molecule has 0 fully saturated rings. The van der Waals surface area contributed by atoms with Crippen LogP contribution in [-0.4, -0.2) is 12.5 Å². The van der Waals surface area contributed by atoms with Crippen LogP contribution in [-0.2, 0) is 11.0 Å². The molecule has 0 spiro atoms. The summed E-state index contributed by atoms with van der Waals surface area (Å²) in [5.74, 6) is -1.18. The van der Waals surface area contributed by atoms with Gasteiger partial charge >= 0.3 is 6.18 Å². The Hall–Kier alpha value is -1.80. The van der Waals surface area contributed by atoms with Crippen molar-refractivity contribution in [2.24, 2.45) is 0 Å². The quantitative estimate of drug-likeness (QED) is 0.676. The minimum absolute atomic E-state index is 0.168. The number of nitrogens with one attached hydrogen (secondary N) is 1. The fourth-order valence-electron chi connectivity index (χ4n) is 1.80. The van der Waals surface area contributed by atoms with Crippen LogP contribution in [0.3, 0.4) is 0 Å². The van der Waals surface area contributed by atoms with Crippen molar-refractivity contribution in [1.29, 1.82) is 0 Å². The molecule has 3 nitrogen and oxygen atoms in total. The predicted octanol–water partition coefficient (Wildman–Crippen LogP) is 5.28. The Labute approximate surface area is 147 Å². The van der Waals surface area contributed by atoms with E-state index in [0.717, 1.165) is 24.3 Å². The fourth-order valence-corrected chi connectivity index (χ4v) is 2.49. The third kappa shape index (κ3) is 4.61. The van der Waals surface area contributed by atoms with E-state index in [-0.39, 0.29) is 15.2 Å². The molecule has 0 aliphatic rings. The molecule has 0 aromatic heterocycles. The molecule has 0 saturated carbocycles. The van der Waals surface area contributed by atoms with Crippen LogP contribution in [0.5, 0.6) is 5.75 Å². The number of anilines is 1. The monoisotopic (exact) mass is 425 g/mol. The van der Waals surface area contributed by atoms with Gasteiger partial charge in [-0.15, -0.1) is 0 Å². The van der Waals surface area contributed by atoms with Crippen LogP contribution in [0.2, 0.25) is 5.02 Å². The van der Waals surface area contributed by atoms with Crippen molar-refractivity contribution in [3.8, 4) is 5.75 Å². The predicted molar refractivity (Wildman–Crippen MR) is 84.7 cm³/mol. The lowest BCUT2D eigenvalue weighted by atomic mass is 10.1. The average molecular weight is 427 g/mol. The summed E-state index contributed by atoms with van der Waals surface area (Å²) in [7, 11) is 0. The molecular weight excluding hydrogens is 418 g/mol. The number of benzene rings is 2. The summed E-state index contributed by atoms with van der Waals surface area (Å²) >= 11 is 8.78. The highest BCUT2D eigenvalue weighted by molar-refractivity contribution is 9.10. The Kier molecular flexibility index (Phi) is 5.71. The van der Waals surface area contributed by atoms with Crippen molar-refractivity contribution < 1.29 is 27.1 Å². The lowest BCUT2D eigenvalue weighted by molar-refractivity contribution is -0.137. The zero-order valence-corrected chi connectivity index (χ0v) is 14.1. The van der Waals surface area contributed by atoms with E-state index in [0.29, 0.717) is 0 Å². The van der Waals surface area contributed by atoms with Gasteiger partial charge in [-0.2, -0.15) is 13.2 Å². The van der Waals surface area contributed by atoms with E-state index >= 15 is 0 Å². The second kappa shape index (κ2) is 7.40. The highest BCUT2D eigenvalue weighted by Gasteiger charge is 2.34. The van der Waals surface area contributed by atoms with Crippen LogP contribution >= 0.6 is 27.5 Å². The molecule has 0 bridgehead atoms. The van der Waals surface area contributed by atoms with E-state index < -0.39 is 35.8 Å². The van der Waals surface area contributed by atoms with E-state index in [4.69, 9.17) is 16.3 Å². The number of alkyl halides is 3. The molecule has 0 atom stereocenters. The minimum atomic E-state index is -4.67. The molecule has 2 rings (SSSR count). The normalized spacial score (nSPS) is 11.2. The minimum Gasteiger partial charge on any atom is -0.483 e. The lowest BCUT2D eigenvalue weighted by Gasteiger charge is -2.15. The Morgan fingerprint density at radius 1 is 1.25 bits per heavy atom. The van der Waals surface area contributed by atoms with Crippen LogP contribution in [0.1, 0.15) is 5.56 Å². The first kappa shape index (κ1) is 18.5. The molecular formula is C15H9BrClF4NO2. The third-order valence-electron chi connectivity index (χ3n) is 2.84. The molecule has 0 saturated heterocycles. The van der Waals surface area contributed by atoms with Gasteiger partial charge in [0.1, 0.15) is 11.6 Å². The van der Waals surface area contributed by atoms with Gasteiger partial charge in [-0.1, -0.05) is 17.7 Å². The average Bonchev–Trinajstić information content (AvgIpc) is 2.47. The molecule has 0 aliphatic heterocycles. The molecule has 24 heavy (non-hydrogen) atoms. The number of rotatable bonds is 4. The van der Waals surface area contributed by atoms with E-state index in [9.17, 15) is 22.4 Å². The van der Waals surface area contributed by atoms with Crippen LogP contribution in [0.15, 0.2) is 40.9 Å². The first-order chi connectivity index (χ1) is 11.2. The largest absolute Gasteiger partial charge is 0.483 e. The zero-order chi connectivity index (χ0) is 17.9. The Bertz CT molecular complexity index is 768. The maximum Gasteiger partial charge on any atom is 0.418 e. The summed E-state index contributed by atoms with van der Waals surface area (Å²) < 4.78 is 57.2. The van der Waals surface area contributed by atoms with E-state index in [1.807, 2.05) is 0 Å². The van der Waals surface area contributed by atoms with Gasteiger partial charge in [0.2, 0.25) is 0 Å². The number of amides is 1. The highest BCUT2D eigenvalue weighted by atomic mass is 79.9. The summed E-state index contributed by atoms with van der Waals surface area (Å²) in [5, 5.41) is 1.83. The molecule has 128 valence electrons. The van der Waals surface area contributed by atoms with Gasteiger partial charge < -0.3 is 10.1 Å². The maximum atomic E-state index is 12.9. The number of carbonyl (C=O) groups excluding carboxylic acids is 1. The topological polar surface area (TPSA) is 38.3 Å². The molecule has 0 radical (unpaired) electrons. The van der Waals surface area contributed by atoms with E-state index in [2.05, 4.69) is 21.2 Å². The van der Waals surface area contributed by atoms with Gasteiger partial charge in [0, 0.05) is 0 Å². The number of ether oxygens (including phenoxy) is 1. The highest BCUT2D eigenvalue weighted by Crippen LogP contribution is 2.38. The van der Waals surface area contributed by atoms with Gasteiger partial charge in [0.15, 0.2) is 6.61 Å². The lowest BCUT2D eigenvalue weighted by Crippen LogP contribution is -2.22. The van der Waals surface area contributed by atoms with Crippen molar-refractivity contribution in [3.05, 3.63) is 57.3 Å². The summed E-state index contributed by atoms with van der Waals surface area (Å²) in [6.45, 7) is -0.577. The molecule has 1 amide bonds. The van der Waals surface area contributed by atoms with Gasteiger partial charge in [-0.05, 0) is 46.3 Å². The number of halogens is 6. The third-order valence-corrected chi connectivity index (χ3v) is 3.77.